The zero-order chi connectivity index (χ0) is 19.2. The molecule has 1 aliphatic heterocycles. The van der Waals surface area contributed by atoms with Crippen molar-refractivity contribution in [2.24, 2.45) is 0 Å². The van der Waals surface area contributed by atoms with Crippen molar-refractivity contribution in [2.45, 2.75) is 19.3 Å². The maximum absolute atomic E-state index is 12.1. The van der Waals surface area contributed by atoms with Gasteiger partial charge in [0.1, 0.15) is 0 Å². The van der Waals surface area contributed by atoms with E-state index in [2.05, 4.69) is 42.8 Å². The van der Waals surface area contributed by atoms with Gasteiger partial charge in [-0.1, -0.05) is 0 Å². The molecule has 1 aromatic carbocycles. The van der Waals surface area contributed by atoms with Crippen molar-refractivity contribution in [3.05, 3.63) is 66.5 Å². The molecule has 0 radical (unpaired) electrons. The largest absolute Gasteiger partial charge is 0.372 e. The average Bonchev–Trinajstić information content (AvgIpc) is 2.77. The first-order chi connectivity index (χ1) is 13.8. The molecule has 1 aliphatic rings. The van der Waals surface area contributed by atoms with E-state index in [4.69, 9.17) is 0 Å². The van der Waals surface area contributed by atoms with Gasteiger partial charge in [0.2, 0.25) is 0 Å². The number of amides is 1. The van der Waals surface area contributed by atoms with Crippen molar-refractivity contribution in [3.8, 4) is 0 Å². The van der Waals surface area contributed by atoms with E-state index in [0.29, 0.717) is 17.2 Å². The molecule has 28 heavy (non-hydrogen) atoms. The number of carbonyl (C=O) groups excluding carboxylic acids is 1. The SMILES string of the molecule is O=C(Nc1ccc(Nc2ccc(N3CCCCC3)cc2)nn1)c1cccnc1. The molecule has 0 saturated carbocycles. The smallest absolute Gasteiger partial charge is 0.258 e. The lowest BCUT2D eigenvalue weighted by atomic mass is 10.1. The van der Waals surface area contributed by atoms with E-state index in [1.54, 1.807) is 30.5 Å². The summed E-state index contributed by atoms with van der Waals surface area (Å²) in [6.45, 7) is 2.26. The van der Waals surface area contributed by atoms with Crippen LogP contribution in [0.1, 0.15) is 29.6 Å². The summed E-state index contributed by atoms with van der Waals surface area (Å²) in [6.07, 6.45) is 6.98. The second-order valence-electron chi connectivity index (χ2n) is 6.72. The monoisotopic (exact) mass is 374 g/mol. The van der Waals surface area contributed by atoms with E-state index in [-0.39, 0.29) is 5.91 Å². The van der Waals surface area contributed by atoms with Crippen molar-refractivity contribution in [3.63, 3.8) is 0 Å². The lowest BCUT2D eigenvalue weighted by molar-refractivity contribution is 0.102. The number of nitrogens with one attached hydrogen (secondary N) is 2. The highest BCUT2D eigenvalue weighted by atomic mass is 16.1. The number of hydrogen-bond donors (Lipinski definition) is 2. The number of aromatic nitrogens is 3. The number of piperidine rings is 1. The van der Waals surface area contributed by atoms with Crippen LogP contribution in [0.3, 0.4) is 0 Å². The molecule has 0 spiro atoms. The quantitative estimate of drug-likeness (QED) is 0.706. The first kappa shape index (κ1) is 17.9. The Bertz CT molecular complexity index is 906. The molecule has 1 amide bonds. The average molecular weight is 374 g/mol. The number of benzene rings is 1. The molecule has 1 saturated heterocycles. The Kier molecular flexibility index (Phi) is 5.42. The molecular weight excluding hydrogens is 352 g/mol. The molecular formula is C21H22N6O. The van der Waals surface area contributed by atoms with Crippen LogP contribution in [-0.4, -0.2) is 34.2 Å². The van der Waals surface area contributed by atoms with Crippen molar-refractivity contribution >= 4 is 28.9 Å². The number of nitrogens with zero attached hydrogens (tertiary/aromatic N) is 4. The van der Waals surface area contributed by atoms with Crippen LogP contribution in [0.4, 0.5) is 23.0 Å². The van der Waals surface area contributed by atoms with E-state index in [0.717, 1.165) is 18.8 Å². The Morgan fingerprint density at radius 2 is 1.64 bits per heavy atom. The van der Waals surface area contributed by atoms with Gasteiger partial charge in [0.15, 0.2) is 11.6 Å². The fourth-order valence-electron chi connectivity index (χ4n) is 3.21. The zero-order valence-electron chi connectivity index (χ0n) is 15.5. The molecule has 0 atom stereocenters. The summed E-state index contributed by atoms with van der Waals surface area (Å²) in [7, 11) is 0. The van der Waals surface area contributed by atoms with Crippen molar-refractivity contribution in [1.29, 1.82) is 0 Å². The number of hydrogen-bond acceptors (Lipinski definition) is 6. The summed E-state index contributed by atoms with van der Waals surface area (Å²) in [5.41, 5.74) is 2.67. The summed E-state index contributed by atoms with van der Waals surface area (Å²) in [5.74, 6) is 0.737. The van der Waals surface area contributed by atoms with Gasteiger partial charge in [-0.3, -0.25) is 9.78 Å². The van der Waals surface area contributed by atoms with Gasteiger partial charge >= 0.3 is 0 Å². The Morgan fingerprint density at radius 3 is 2.32 bits per heavy atom. The highest BCUT2D eigenvalue weighted by Gasteiger charge is 2.11. The van der Waals surface area contributed by atoms with Crippen LogP contribution >= 0.6 is 0 Å². The molecule has 142 valence electrons. The molecule has 2 N–H and O–H groups in total. The number of anilines is 4. The summed E-state index contributed by atoms with van der Waals surface area (Å²) < 4.78 is 0. The molecule has 7 heteroatoms. The first-order valence-corrected chi connectivity index (χ1v) is 9.45. The van der Waals surface area contributed by atoms with Crippen LogP contribution in [0.25, 0.3) is 0 Å². The summed E-state index contributed by atoms with van der Waals surface area (Å²) in [4.78, 5) is 18.5. The standard InChI is InChI=1S/C21H22N6O/c28-21(16-5-4-12-22-15-16)24-20-11-10-19(25-26-20)23-17-6-8-18(9-7-17)27-13-2-1-3-14-27/h4-12,15H,1-3,13-14H2,(H,23,25)(H,24,26,28). The predicted octanol–water partition coefficient (Wildman–Crippen LogP) is 3.86. The second kappa shape index (κ2) is 8.47. The number of pyridine rings is 1. The van der Waals surface area contributed by atoms with Gasteiger partial charge < -0.3 is 15.5 Å². The van der Waals surface area contributed by atoms with Gasteiger partial charge in [-0.2, -0.15) is 0 Å². The third kappa shape index (κ3) is 4.43. The second-order valence-corrected chi connectivity index (χ2v) is 6.72. The molecule has 1 fully saturated rings. The van der Waals surface area contributed by atoms with Crippen molar-refractivity contribution in [2.75, 3.05) is 28.6 Å². The van der Waals surface area contributed by atoms with Gasteiger partial charge in [-0.05, 0) is 67.8 Å². The minimum atomic E-state index is -0.267. The molecule has 3 heterocycles. The third-order valence-electron chi connectivity index (χ3n) is 4.69. The molecule has 2 aromatic heterocycles. The predicted molar refractivity (Wildman–Crippen MR) is 110 cm³/mol. The normalized spacial score (nSPS) is 13.8. The van der Waals surface area contributed by atoms with E-state index < -0.39 is 0 Å². The van der Waals surface area contributed by atoms with Crippen LogP contribution in [-0.2, 0) is 0 Å². The Hall–Kier alpha value is -3.48. The van der Waals surface area contributed by atoms with Crippen LogP contribution in [0.15, 0.2) is 60.9 Å². The van der Waals surface area contributed by atoms with Crippen LogP contribution in [0.5, 0.6) is 0 Å². The summed E-state index contributed by atoms with van der Waals surface area (Å²) >= 11 is 0. The Balaban J connectivity index is 1.36. The van der Waals surface area contributed by atoms with E-state index in [9.17, 15) is 4.79 Å². The Labute approximate surface area is 163 Å². The minimum absolute atomic E-state index is 0.267. The molecule has 4 rings (SSSR count). The molecule has 3 aromatic rings. The van der Waals surface area contributed by atoms with Gasteiger partial charge in [0.25, 0.3) is 5.91 Å². The maximum atomic E-state index is 12.1. The lowest BCUT2D eigenvalue weighted by Crippen LogP contribution is -2.29. The molecule has 0 bridgehead atoms. The van der Waals surface area contributed by atoms with Gasteiger partial charge in [0, 0.05) is 36.9 Å². The highest BCUT2D eigenvalue weighted by Crippen LogP contribution is 2.23. The fourth-order valence-corrected chi connectivity index (χ4v) is 3.21. The fraction of sp³-hybridized carbons (Fsp3) is 0.238. The van der Waals surface area contributed by atoms with Crippen molar-refractivity contribution < 1.29 is 4.79 Å². The van der Waals surface area contributed by atoms with Crippen LogP contribution < -0.4 is 15.5 Å². The Morgan fingerprint density at radius 1 is 0.893 bits per heavy atom. The number of carbonyl (C=O) groups is 1. The zero-order valence-corrected chi connectivity index (χ0v) is 15.5. The maximum Gasteiger partial charge on any atom is 0.258 e. The van der Waals surface area contributed by atoms with Crippen LogP contribution in [0.2, 0.25) is 0 Å². The first-order valence-electron chi connectivity index (χ1n) is 9.45. The van der Waals surface area contributed by atoms with Crippen LogP contribution in [0, 0.1) is 0 Å². The van der Waals surface area contributed by atoms with E-state index in [1.165, 1.54) is 31.1 Å². The summed E-state index contributed by atoms with van der Waals surface area (Å²) in [6, 6.07) is 15.3. The summed E-state index contributed by atoms with van der Waals surface area (Å²) in [5, 5.41) is 14.1. The van der Waals surface area contributed by atoms with Gasteiger partial charge in [0.05, 0.1) is 5.56 Å². The lowest BCUT2D eigenvalue weighted by Gasteiger charge is -2.28. The number of rotatable bonds is 5. The molecule has 0 aliphatic carbocycles. The topological polar surface area (TPSA) is 83.0 Å². The minimum Gasteiger partial charge on any atom is -0.372 e. The highest BCUT2D eigenvalue weighted by molar-refractivity contribution is 6.03. The van der Waals surface area contributed by atoms with E-state index >= 15 is 0 Å². The van der Waals surface area contributed by atoms with Crippen molar-refractivity contribution in [1.82, 2.24) is 15.2 Å². The molecule has 7 nitrogen and oxygen atoms in total. The third-order valence-corrected chi connectivity index (χ3v) is 4.69. The molecule has 0 unspecified atom stereocenters. The van der Waals surface area contributed by atoms with Gasteiger partial charge in [-0.25, -0.2) is 0 Å². The van der Waals surface area contributed by atoms with Gasteiger partial charge in [-0.15, -0.1) is 10.2 Å². The van der Waals surface area contributed by atoms with E-state index in [1.807, 2.05) is 12.1 Å².